The summed E-state index contributed by atoms with van der Waals surface area (Å²) in [6.07, 6.45) is 16.6. The van der Waals surface area contributed by atoms with E-state index >= 15 is 0 Å². The minimum atomic E-state index is 0.265. The highest BCUT2D eigenvalue weighted by Gasteiger charge is 2.53. The summed E-state index contributed by atoms with van der Waals surface area (Å²) in [7, 11) is 0. The summed E-state index contributed by atoms with van der Waals surface area (Å²) < 4.78 is 0. The van der Waals surface area contributed by atoms with Gasteiger partial charge in [-0.15, -0.1) is 0 Å². The van der Waals surface area contributed by atoms with Crippen molar-refractivity contribution in [1.82, 2.24) is 19.9 Å². The average molecular weight is 703 g/mol. The summed E-state index contributed by atoms with van der Waals surface area (Å²) in [5.41, 5.74) is 11.5. The lowest BCUT2D eigenvalue weighted by molar-refractivity contribution is -0.00716. The van der Waals surface area contributed by atoms with Gasteiger partial charge in [0, 0.05) is 54.9 Å². The maximum Gasteiger partial charge on any atom is 0.0972 e. The van der Waals surface area contributed by atoms with E-state index in [1.165, 1.54) is 99.2 Å². The second-order valence-electron chi connectivity index (χ2n) is 19.2. The van der Waals surface area contributed by atoms with Crippen LogP contribution in [0.1, 0.15) is 88.4 Å². The Morgan fingerprint density at radius 3 is 1.04 bits per heavy atom. The van der Waals surface area contributed by atoms with Crippen molar-refractivity contribution in [2.45, 2.75) is 87.9 Å². The van der Waals surface area contributed by atoms with E-state index < -0.39 is 0 Å². The number of nitrogens with zero attached hydrogens (tertiary/aromatic N) is 4. The van der Waals surface area contributed by atoms with Crippen LogP contribution in [0.5, 0.6) is 0 Å². The highest BCUT2D eigenvalue weighted by Crippen LogP contribution is 2.62. The van der Waals surface area contributed by atoms with Crippen molar-refractivity contribution in [2.24, 2.45) is 35.5 Å². The van der Waals surface area contributed by atoms with Gasteiger partial charge in [-0.25, -0.2) is 19.9 Å². The fourth-order valence-electron chi connectivity index (χ4n) is 14.1. The third kappa shape index (κ3) is 4.55. The van der Waals surface area contributed by atoms with E-state index in [0.29, 0.717) is 0 Å². The molecule has 8 bridgehead atoms. The zero-order chi connectivity index (χ0) is 35.2. The monoisotopic (exact) mass is 702 g/mol. The SMILES string of the molecule is c1cc(-c2ccc3ccc4ccc(C56CC7CC(CC(C7)C5)C6)nc4c3n2)cc(-c2ccc3ccc4ccc(C56CC7CC(CC(C7)C5)C6)nc4c3n2)c1. The van der Waals surface area contributed by atoms with Crippen LogP contribution in [0.25, 0.3) is 66.1 Å². The molecule has 266 valence electrons. The summed E-state index contributed by atoms with van der Waals surface area (Å²) in [5, 5.41) is 4.67. The second-order valence-corrected chi connectivity index (χ2v) is 19.2. The van der Waals surface area contributed by atoms with Crippen molar-refractivity contribution in [1.29, 1.82) is 0 Å². The van der Waals surface area contributed by atoms with E-state index in [1.54, 1.807) is 0 Å². The predicted molar refractivity (Wildman–Crippen MR) is 218 cm³/mol. The molecule has 0 spiro atoms. The van der Waals surface area contributed by atoms with Crippen molar-refractivity contribution in [2.75, 3.05) is 0 Å². The van der Waals surface area contributed by atoms with Crippen LogP contribution in [0.4, 0.5) is 0 Å². The Hall–Kier alpha value is -4.70. The van der Waals surface area contributed by atoms with E-state index in [9.17, 15) is 0 Å². The zero-order valence-corrected chi connectivity index (χ0v) is 31.0. The smallest absolute Gasteiger partial charge is 0.0972 e. The lowest BCUT2D eigenvalue weighted by atomic mass is 9.49. The number of aromatic nitrogens is 4. The summed E-state index contributed by atoms with van der Waals surface area (Å²) in [4.78, 5) is 21.8. The summed E-state index contributed by atoms with van der Waals surface area (Å²) >= 11 is 0. The van der Waals surface area contributed by atoms with Gasteiger partial charge in [0.25, 0.3) is 0 Å². The molecular formula is C50H46N4. The standard InChI is InChI=1S/C50H46N4/c1-2-39(41-12-8-35-4-6-37-10-14-43(53-47(37)45(35)51-41)49-23-29-16-30(24-49)18-31(17-29)25-49)22-40(3-1)42-13-9-36-5-7-38-11-15-44(54-48(38)46(36)52-42)50-26-32-19-33(27-50)21-34(20-32)28-50/h1-15,22,29-34H,16-21,23-28H2. The van der Waals surface area contributed by atoms with Gasteiger partial charge < -0.3 is 0 Å². The molecule has 8 aliphatic rings. The van der Waals surface area contributed by atoms with Crippen LogP contribution in [-0.4, -0.2) is 19.9 Å². The maximum absolute atomic E-state index is 5.53. The van der Waals surface area contributed by atoms with Gasteiger partial charge in [-0.05, 0) is 143 Å². The summed E-state index contributed by atoms with van der Waals surface area (Å²) in [5.74, 6) is 5.38. The molecule has 8 saturated carbocycles. The fourth-order valence-corrected chi connectivity index (χ4v) is 14.1. The topological polar surface area (TPSA) is 51.6 Å². The van der Waals surface area contributed by atoms with Gasteiger partial charge in [-0.3, -0.25) is 0 Å². The fraction of sp³-hybridized carbons (Fsp3) is 0.400. The molecule has 0 N–H and O–H groups in total. The first kappa shape index (κ1) is 30.6. The van der Waals surface area contributed by atoms with Crippen molar-refractivity contribution < 1.29 is 0 Å². The molecule has 3 aromatic carbocycles. The molecule has 0 radical (unpaired) electrons. The van der Waals surface area contributed by atoms with Crippen LogP contribution in [-0.2, 0) is 10.8 Å². The van der Waals surface area contributed by atoms with Crippen LogP contribution in [0.2, 0.25) is 0 Å². The molecule has 0 amide bonds. The van der Waals surface area contributed by atoms with Crippen LogP contribution >= 0.6 is 0 Å². The second kappa shape index (κ2) is 11.0. The molecule has 0 atom stereocenters. The van der Waals surface area contributed by atoms with Gasteiger partial charge in [-0.2, -0.15) is 0 Å². The molecule has 8 aliphatic carbocycles. The molecular weight excluding hydrogens is 657 g/mol. The summed E-state index contributed by atoms with van der Waals surface area (Å²) in [6.45, 7) is 0. The minimum absolute atomic E-state index is 0.265. The Balaban J connectivity index is 0.885. The first-order valence-corrected chi connectivity index (χ1v) is 21.0. The molecule has 0 unspecified atom stereocenters. The quantitative estimate of drug-likeness (QED) is 0.171. The normalized spacial score (nSPS) is 32.1. The Morgan fingerprint density at radius 1 is 0.352 bits per heavy atom. The first-order chi connectivity index (χ1) is 26.5. The summed E-state index contributed by atoms with van der Waals surface area (Å²) in [6, 6.07) is 35.8. The van der Waals surface area contributed by atoms with E-state index in [2.05, 4.69) is 97.1 Å². The Bertz CT molecular complexity index is 2460. The molecule has 8 fully saturated rings. The van der Waals surface area contributed by atoms with Gasteiger partial charge in [0.15, 0.2) is 0 Å². The van der Waals surface area contributed by atoms with Crippen LogP contribution < -0.4 is 0 Å². The third-order valence-corrected chi connectivity index (χ3v) is 15.7. The van der Waals surface area contributed by atoms with Crippen molar-refractivity contribution in [3.05, 3.63) is 108 Å². The maximum atomic E-state index is 5.53. The van der Waals surface area contributed by atoms with E-state index in [0.717, 1.165) is 90.9 Å². The number of hydrogen-bond acceptors (Lipinski definition) is 4. The Morgan fingerprint density at radius 2 is 0.667 bits per heavy atom. The first-order valence-electron chi connectivity index (χ1n) is 21.0. The van der Waals surface area contributed by atoms with Gasteiger partial charge in [0.1, 0.15) is 0 Å². The van der Waals surface area contributed by atoms with Crippen LogP contribution in [0, 0.1) is 35.5 Å². The predicted octanol–water partition coefficient (Wildman–Crippen LogP) is 12.1. The number of hydrogen-bond donors (Lipinski definition) is 0. The average Bonchev–Trinajstić information content (AvgIpc) is 3.19. The number of pyridine rings is 4. The lowest BCUT2D eigenvalue weighted by Gasteiger charge is -2.56. The van der Waals surface area contributed by atoms with Gasteiger partial charge in [0.2, 0.25) is 0 Å². The largest absolute Gasteiger partial charge is 0.250 e. The zero-order valence-electron chi connectivity index (χ0n) is 31.0. The van der Waals surface area contributed by atoms with Gasteiger partial charge in [0.05, 0.1) is 33.5 Å². The highest BCUT2D eigenvalue weighted by atomic mass is 14.8. The molecule has 0 saturated heterocycles. The highest BCUT2D eigenvalue weighted by molar-refractivity contribution is 6.04. The third-order valence-electron chi connectivity index (χ3n) is 15.7. The number of fused-ring (bicyclic) bond motifs is 6. The molecule has 7 aromatic rings. The minimum Gasteiger partial charge on any atom is -0.250 e. The van der Waals surface area contributed by atoms with Crippen LogP contribution in [0.15, 0.2) is 97.1 Å². The molecule has 54 heavy (non-hydrogen) atoms. The molecule has 4 heteroatoms. The van der Waals surface area contributed by atoms with Crippen molar-refractivity contribution >= 4 is 43.6 Å². The molecule has 4 aromatic heterocycles. The van der Waals surface area contributed by atoms with E-state index in [1.807, 2.05) is 0 Å². The lowest BCUT2D eigenvalue weighted by Crippen LogP contribution is -2.48. The number of rotatable bonds is 4. The Kier molecular flexibility index (Phi) is 6.21. The van der Waals surface area contributed by atoms with Crippen molar-refractivity contribution in [3.8, 4) is 22.5 Å². The van der Waals surface area contributed by atoms with E-state index in [4.69, 9.17) is 19.9 Å². The van der Waals surface area contributed by atoms with E-state index in [-0.39, 0.29) is 10.8 Å². The van der Waals surface area contributed by atoms with Crippen LogP contribution in [0.3, 0.4) is 0 Å². The molecule has 0 aliphatic heterocycles. The molecule has 4 heterocycles. The van der Waals surface area contributed by atoms with Gasteiger partial charge in [-0.1, -0.05) is 66.7 Å². The molecule has 4 nitrogen and oxygen atoms in total. The van der Waals surface area contributed by atoms with Gasteiger partial charge >= 0.3 is 0 Å². The van der Waals surface area contributed by atoms with Crippen molar-refractivity contribution in [3.63, 3.8) is 0 Å². The Labute approximate surface area is 316 Å². The number of benzene rings is 3. The molecule has 15 rings (SSSR count).